The molecule has 1 fully saturated rings. The quantitative estimate of drug-likeness (QED) is 0.145. The van der Waals surface area contributed by atoms with E-state index in [4.69, 9.17) is 20.9 Å². The molecular formula is C36H30N2O8. The number of fused-ring (bicyclic) bond motifs is 4. The van der Waals surface area contributed by atoms with E-state index in [0.717, 1.165) is 25.7 Å². The molecule has 0 radical (unpaired) electrons. The molecule has 10 nitrogen and oxygen atoms in total. The van der Waals surface area contributed by atoms with Crippen molar-refractivity contribution in [2.45, 2.75) is 25.7 Å². The van der Waals surface area contributed by atoms with E-state index in [1.54, 1.807) is 48.5 Å². The summed E-state index contributed by atoms with van der Waals surface area (Å²) < 4.78 is 12.0. The molecule has 0 heterocycles. The van der Waals surface area contributed by atoms with E-state index in [1.165, 1.54) is 12.1 Å². The van der Waals surface area contributed by atoms with Crippen molar-refractivity contribution in [2.75, 3.05) is 24.7 Å². The van der Waals surface area contributed by atoms with Gasteiger partial charge in [0.25, 0.3) is 0 Å². The SMILES string of the molecule is Nc1c(OCC2CCC(COc3cc(O)c4c(c3N)C(=O)c3ccccc3C4=O)CC2)cc(O)c2c1C(=O)c1ccccc1C2=O. The van der Waals surface area contributed by atoms with Crippen LogP contribution in [0.1, 0.15) is 89.4 Å². The molecular weight excluding hydrogens is 588 g/mol. The van der Waals surface area contributed by atoms with Crippen LogP contribution in [0.25, 0.3) is 0 Å². The van der Waals surface area contributed by atoms with Crippen LogP contribution in [0, 0.1) is 11.8 Å². The van der Waals surface area contributed by atoms with Crippen molar-refractivity contribution in [3.8, 4) is 23.0 Å². The van der Waals surface area contributed by atoms with Gasteiger partial charge < -0.3 is 31.2 Å². The lowest BCUT2D eigenvalue weighted by molar-refractivity contribution is 0.0976. The van der Waals surface area contributed by atoms with Crippen molar-refractivity contribution >= 4 is 34.5 Å². The second-order valence-corrected chi connectivity index (χ2v) is 12.0. The Morgan fingerprint density at radius 3 is 1.17 bits per heavy atom. The van der Waals surface area contributed by atoms with E-state index >= 15 is 0 Å². The van der Waals surface area contributed by atoms with Gasteiger partial charge in [0.2, 0.25) is 0 Å². The average molecular weight is 619 g/mol. The van der Waals surface area contributed by atoms with E-state index < -0.39 is 23.1 Å². The highest BCUT2D eigenvalue weighted by Gasteiger charge is 2.37. The Hall–Kier alpha value is -5.64. The monoisotopic (exact) mass is 618 g/mol. The van der Waals surface area contributed by atoms with Crippen LogP contribution < -0.4 is 20.9 Å². The minimum absolute atomic E-state index is 0.0253. The zero-order valence-electron chi connectivity index (χ0n) is 24.7. The molecule has 3 aliphatic carbocycles. The van der Waals surface area contributed by atoms with Crippen LogP contribution in [0.3, 0.4) is 0 Å². The first-order valence-corrected chi connectivity index (χ1v) is 15.1. The summed E-state index contributed by atoms with van der Waals surface area (Å²) in [5, 5.41) is 21.4. The Kier molecular flexibility index (Phi) is 7.00. The molecule has 0 aromatic heterocycles. The van der Waals surface area contributed by atoms with Crippen LogP contribution in [0.4, 0.5) is 11.4 Å². The number of rotatable bonds is 6. The van der Waals surface area contributed by atoms with Crippen LogP contribution in [-0.4, -0.2) is 46.6 Å². The molecule has 232 valence electrons. The number of phenolic OH excluding ortho intramolecular Hbond substituents is 2. The highest BCUT2D eigenvalue weighted by molar-refractivity contribution is 6.32. The standard InChI is InChI=1S/C36H30N2O8/c37-31-25(13-23(39)27-29(31)35(43)21-7-3-1-5-19(21)33(27)41)45-15-17-9-11-18(12-10-17)16-46-26-14-24(40)28-30(32(26)38)36(44)22-8-4-2-6-20(22)34(28)42/h1-8,13-14,17-18,39-40H,9-12,15-16,37-38H2. The van der Waals surface area contributed by atoms with E-state index in [2.05, 4.69) is 0 Å². The van der Waals surface area contributed by atoms with Gasteiger partial charge in [0.1, 0.15) is 23.0 Å². The molecule has 4 aromatic carbocycles. The number of nitrogens with two attached hydrogens (primary N) is 2. The van der Waals surface area contributed by atoms with Crippen LogP contribution >= 0.6 is 0 Å². The normalized spacial score (nSPS) is 18.3. The number of aromatic hydroxyl groups is 2. The van der Waals surface area contributed by atoms with Gasteiger partial charge in [0.15, 0.2) is 23.1 Å². The minimum atomic E-state index is -0.459. The Balaban J connectivity index is 0.989. The third-order valence-corrected chi connectivity index (χ3v) is 9.27. The van der Waals surface area contributed by atoms with Gasteiger partial charge in [-0.1, -0.05) is 48.5 Å². The zero-order valence-corrected chi connectivity index (χ0v) is 24.7. The molecule has 3 aliphatic rings. The number of carbonyl (C=O) groups excluding carboxylic acids is 4. The van der Waals surface area contributed by atoms with Crippen molar-refractivity contribution < 1.29 is 38.9 Å². The molecule has 0 unspecified atom stereocenters. The third kappa shape index (κ3) is 4.56. The van der Waals surface area contributed by atoms with Gasteiger partial charge in [-0.3, -0.25) is 19.2 Å². The molecule has 4 aromatic rings. The van der Waals surface area contributed by atoms with Gasteiger partial charge in [-0.25, -0.2) is 0 Å². The maximum atomic E-state index is 13.2. The maximum absolute atomic E-state index is 13.2. The van der Waals surface area contributed by atoms with Crippen molar-refractivity contribution in [1.82, 2.24) is 0 Å². The van der Waals surface area contributed by atoms with E-state index in [0.29, 0.717) is 13.2 Å². The molecule has 0 amide bonds. The molecule has 0 bridgehead atoms. The van der Waals surface area contributed by atoms with Gasteiger partial charge in [-0.15, -0.1) is 0 Å². The molecule has 0 aliphatic heterocycles. The Bertz CT molecular complexity index is 1850. The summed E-state index contributed by atoms with van der Waals surface area (Å²) in [6, 6.07) is 15.5. The molecule has 10 heteroatoms. The smallest absolute Gasteiger partial charge is 0.198 e. The molecule has 0 spiro atoms. The number of anilines is 2. The van der Waals surface area contributed by atoms with Crippen LogP contribution in [-0.2, 0) is 0 Å². The number of carbonyl (C=O) groups is 4. The summed E-state index contributed by atoms with van der Waals surface area (Å²) in [7, 11) is 0. The first kappa shape index (κ1) is 29.1. The largest absolute Gasteiger partial charge is 0.507 e. The fourth-order valence-corrected chi connectivity index (χ4v) is 6.77. The second-order valence-electron chi connectivity index (χ2n) is 12.0. The lowest BCUT2D eigenvalue weighted by atomic mass is 9.82. The van der Waals surface area contributed by atoms with E-state index in [9.17, 15) is 29.4 Å². The highest BCUT2D eigenvalue weighted by atomic mass is 16.5. The average Bonchev–Trinajstić information content (AvgIpc) is 3.07. The fourth-order valence-electron chi connectivity index (χ4n) is 6.77. The number of ether oxygens (including phenoxy) is 2. The lowest BCUT2D eigenvalue weighted by Gasteiger charge is -2.29. The number of hydrogen-bond donors (Lipinski definition) is 4. The molecule has 46 heavy (non-hydrogen) atoms. The zero-order chi connectivity index (χ0) is 32.3. The summed E-state index contributed by atoms with van der Waals surface area (Å²) in [6.45, 7) is 0.607. The fraction of sp³-hybridized carbons (Fsp3) is 0.222. The van der Waals surface area contributed by atoms with Gasteiger partial charge in [-0.2, -0.15) is 0 Å². The minimum Gasteiger partial charge on any atom is -0.507 e. The highest BCUT2D eigenvalue weighted by Crippen LogP contribution is 2.43. The van der Waals surface area contributed by atoms with Crippen molar-refractivity contribution in [3.63, 3.8) is 0 Å². The van der Waals surface area contributed by atoms with Gasteiger partial charge in [-0.05, 0) is 37.5 Å². The van der Waals surface area contributed by atoms with Gasteiger partial charge >= 0.3 is 0 Å². The predicted octanol–water partition coefficient (Wildman–Crippen LogP) is 5.08. The predicted molar refractivity (Wildman–Crippen MR) is 168 cm³/mol. The first-order chi connectivity index (χ1) is 22.2. The van der Waals surface area contributed by atoms with Crippen LogP contribution in [0.15, 0.2) is 60.7 Å². The van der Waals surface area contributed by atoms with Gasteiger partial charge in [0, 0.05) is 34.4 Å². The number of phenols is 2. The first-order valence-electron chi connectivity index (χ1n) is 15.1. The summed E-state index contributed by atoms with van der Waals surface area (Å²) >= 11 is 0. The molecule has 1 saturated carbocycles. The third-order valence-electron chi connectivity index (χ3n) is 9.27. The van der Waals surface area contributed by atoms with Crippen molar-refractivity contribution in [2.24, 2.45) is 11.8 Å². The Morgan fingerprint density at radius 1 is 0.543 bits per heavy atom. The Labute approximate surface area is 263 Å². The van der Waals surface area contributed by atoms with Crippen molar-refractivity contribution in [3.05, 3.63) is 105 Å². The van der Waals surface area contributed by atoms with Gasteiger partial charge in [0.05, 0.1) is 46.8 Å². The van der Waals surface area contributed by atoms with Crippen LogP contribution in [0.5, 0.6) is 23.0 Å². The van der Waals surface area contributed by atoms with E-state index in [1.807, 2.05) is 0 Å². The topological polar surface area (TPSA) is 179 Å². The summed E-state index contributed by atoms with van der Waals surface area (Å²) in [6.07, 6.45) is 3.24. The summed E-state index contributed by atoms with van der Waals surface area (Å²) in [4.78, 5) is 52.5. The Morgan fingerprint density at radius 2 is 0.848 bits per heavy atom. The summed E-state index contributed by atoms with van der Waals surface area (Å²) in [5.41, 5.74) is 13.3. The number of nitrogen functional groups attached to an aromatic ring is 2. The maximum Gasteiger partial charge on any atom is 0.198 e. The molecule has 0 atom stereocenters. The molecule has 7 rings (SSSR count). The van der Waals surface area contributed by atoms with Crippen LogP contribution in [0.2, 0.25) is 0 Å². The molecule has 0 saturated heterocycles. The lowest BCUT2D eigenvalue weighted by Crippen LogP contribution is -2.25. The number of benzene rings is 4. The molecule has 6 N–H and O–H groups in total. The van der Waals surface area contributed by atoms with Crippen molar-refractivity contribution in [1.29, 1.82) is 0 Å². The summed E-state index contributed by atoms with van der Waals surface area (Å²) in [5.74, 6) is -1.83. The number of ketones is 4. The number of hydrogen-bond acceptors (Lipinski definition) is 10. The van der Waals surface area contributed by atoms with E-state index in [-0.39, 0.29) is 90.7 Å². The second kappa shape index (κ2) is 11.1.